The lowest BCUT2D eigenvalue weighted by atomic mass is 9.92. The zero-order valence-corrected chi connectivity index (χ0v) is 26.4. The van der Waals surface area contributed by atoms with E-state index < -0.39 is 35.7 Å². The first-order chi connectivity index (χ1) is 21.1. The lowest BCUT2D eigenvalue weighted by Gasteiger charge is -2.35. The van der Waals surface area contributed by atoms with E-state index in [1.165, 1.54) is 17.2 Å². The molecular formula is C35H48N4O5. The minimum absolute atomic E-state index is 0.0611. The predicted octanol–water partition coefficient (Wildman–Crippen LogP) is 3.11. The van der Waals surface area contributed by atoms with Crippen LogP contribution in [-0.2, 0) is 36.8 Å². The number of nitrogens with zero attached hydrogens (tertiary/aromatic N) is 1. The van der Waals surface area contributed by atoms with E-state index in [4.69, 9.17) is 0 Å². The van der Waals surface area contributed by atoms with Crippen molar-refractivity contribution < 1.29 is 24.0 Å². The van der Waals surface area contributed by atoms with Crippen LogP contribution in [0.25, 0.3) is 0 Å². The van der Waals surface area contributed by atoms with Gasteiger partial charge in [0.25, 0.3) is 5.91 Å². The molecule has 3 fully saturated rings. The average molecular weight is 605 g/mol. The summed E-state index contributed by atoms with van der Waals surface area (Å²) < 4.78 is 0. The number of hydrogen-bond acceptors (Lipinski definition) is 5. The van der Waals surface area contributed by atoms with E-state index in [1.807, 2.05) is 19.1 Å². The molecule has 44 heavy (non-hydrogen) atoms. The smallest absolute Gasteiger partial charge is 0.289 e. The molecule has 9 nitrogen and oxygen atoms in total. The molecule has 5 atom stereocenters. The van der Waals surface area contributed by atoms with E-state index in [0.717, 1.165) is 25.7 Å². The number of hydrogen-bond donors (Lipinski definition) is 3. The number of ketones is 1. The number of carbonyl (C=O) groups excluding carboxylic acids is 5. The van der Waals surface area contributed by atoms with Gasteiger partial charge in [-0.15, -0.1) is 6.58 Å². The maximum absolute atomic E-state index is 14.5. The molecule has 1 aliphatic heterocycles. The highest BCUT2D eigenvalue weighted by Gasteiger charge is 2.69. The minimum Gasteiger partial charge on any atom is -0.346 e. The molecule has 1 saturated heterocycles. The van der Waals surface area contributed by atoms with Gasteiger partial charge in [0.15, 0.2) is 0 Å². The Morgan fingerprint density at radius 1 is 1.05 bits per heavy atom. The van der Waals surface area contributed by atoms with Crippen LogP contribution in [0.3, 0.4) is 0 Å². The summed E-state index contributed by atoms with van der Waals surface area (Å²) in [7, 11) is 0. The lowest BCUT2D eigenvalue weighted by molar-refractivity contribution is -0.145. The van der Waals surface area contributed by atoms with Crippen LogP contribution < -0.4 is 16.0 Å². The quantitative estimate of drug-likeness (QED) is 0.236. The number of Topliss-reactive ketones (excluding diaryl/α,β-unsaturated/α-hetero) is 1. The van der Waals surface area contributed by atoms with Crippen LogP contribution in [0.1, 0.15) is 76.8 Å². The van der Waals surface area contributed by atoms with E-state index in [0.29, 0.717) is 44.6 Å². The highest BCUT2D eigenvalue weighted by molar-refractivity contribution is 6.38. The Kier molecular flexibility index (Phi) is 9.61. The third-order valence-corrected chi connectivity index (χ3v) is 10.7. The Hall–Kier alpha value is -3.49. The summed E-state index contributed by atoms with van der Waals surface area (Å²) in [6, 6.07) is 5.65. The highest BCUT2D eigenvalue weighted by atomic mass is 16.2. The normalized spacial score (nSPS) is 25.0. The molecule has 5 rings (SSSR count). The fourth-order valence-electron chi connectivity index (χ4n) is 8.14. The van der Waals surface area contributed by atoms with Crippen molar-refractivity contribution in [1.29, 1.82) is 0 Å². The van der Waals surface area contributed by atoms with Crippen LogP contribution >= 0.6 is 0 Å². The summed E-state index contributed by atoms with van der Waals surface area (Å²) >= 11 is 0. The monoisotopic (exact) mass is 604 g/mol. The highest BCUT2D eigenvalue weighted by Crippen LogP contribution is 2.65. The van der Waals surface area contributed by atoms with Gasteiger partial charge >= 0.3 is 0 Å². The number of piperidine rings is 1. The van der Waals surface area contributed by atoms with Gasteiger partial charge in [-0.3, -0.25) is 24.0 Å². The summed E-state index contributed by atoms with van der Waals surface area (Å²) in [5.74, 6) is -1.88. The Morgan fingerprint density at radius 3 is 2.32 bits per heavy atom. The van der Waals surface area contributed by atoms with Crippen LogP contribution in [0.2, 0.25) is 0 Å². The molecule has 2 saturated carbocycles. The Morgan fingerprint density at radius 2 is 1.70 bits per heavy atom. The van der Waals surface area contributed by atoms with Gasteiger partial charge in [0, 0.05) is 19.5 Å². The van der Waals surface area contributed by atoms with E-state index in [-0.39, 0.29) is 41.5 Å². The molecule has 3 unspecified atom stereocenters. The van der Waals surface area contributed by atoms with Gasteiger partial charge < -0.3 is 20.9 Å². The molecule has 238 valence electrons. The number of likely N-dealkylation sites (tertiary alicyclic amines) is 1. The molecule has 3 N–H and O–H groups in total. The van der Waals surface area contributed by atoms with Crippen molar-refractivity contribution in [2.24, 2.45) is 29.1 Å². The average Bonchev–Trinajstić information content (AvgIpc) is 3.57. The molecule has 0 spiro atoms. The molecule has 1 aromatic carbocycles. The molecule has 4 aliphatic rings. The summed E-state index contributed by atoms with van der Waals surface area (Å²) in [5.41, 5.74) is 2.25. The van der Waals surface area contributed by atoms with E-state index in [9.17, 15) is 24.0 Å². The van der Waals surface area contributed by atoms with Gasteiger partial charge in [0.1, 0.15) is 12.1 Å². The van der Waals surface area contributed by atoms with E-state index in [2.05, 4.69) is 48.5 Å². The van der Waals surface area contributed by atoms with Crippen molar-refractivity contribution in [2.45, 2.75) is 96.7 Å². The Balaban J connectivity index is 1.36. The maximum atomic E-state index is 14.5. The summed E-state index contributed by atoms with van der Waals surface area (Å²) in [5, 5.41) is 8.50. The molecule has 0 aromatic heterocycles. The molecule has 9 heteroatoms. The zero-order chi connectivity index (χ0) is 31.6. The largest absolute Gasteiger partial charge is 0.346 e. The minimum atomic E-state index is -0.985. The van der Waals surface area contributed by atoms with Crippen molar-refractivity contribution >= 4 is 29.4 Å². The summed E-state index contributed by atoms with van der Waals surface area (Å²) in [6.45, 7) is 10.2. The summed E-state index contributed by atoms with van der Waals surface area (Å²) in [4.78, 5) is 68.9. The van der Waals surface area contributed by atoms with Gasteiger partial charge in [-0.1, -0.05) is 70.4 Å². The van der Waals surface area contributed by atoms with Crippen LogP contribution in [0.15, 0.2) is 36.9 Å². The van der Waals surface area contributed by atoms with Gasteiger partial charge in [-0.2, -0.15) is 0 Å². The number of benzene rings is 1. The molecule has 0 radical (unpaired) electrons. The molecule has 3 aliphatic carbocycles. The van der Waals surface area contributed by atoms with Crippen molar-refractivity contribution in [3.63, 3.8) is 0 Å². The Labute approximate surface area is 261 Å². The molecule has 0 bridgehead atoms. The second-order valence-corrected chi connectivity index (χ2v) is 13.9. The third-order valence-electron chi connectivity index (χ3n) is 10.7. The van der Waals surface area contributed by atoms with Crippen molar-refractivity contribution in [3.8, 4) is 0 Å². The SMILES string of the molecule is C=CCNC(=O)C(=O)C(CCC)NC(=O)[C@@H]1C2C(CN1C(=O)[C@@H](NC(=O)CC1CCCC1)C1Cc3ccccc3C1)C2(C)C. The molecule has 4 amide bonds. The van der Waals surface area contributed by atoms with Gasteiger partial charge in [0.05, 0.1) is 6.04 Å². The Bertz CT molecular complexity index is 1280. The predicted molar refractivity (Wildman–Crippen MR) is 167 cm³/mol. The van der Waals surface area contributed by atoms with Crippen molar-refractivity contribution in [3.05, 3.63) is 48.0 Å². The molecular weight excluding hydrogens is 556 g/mol. The third kappa shape index (κ3) is 6.47. The zero-order valence-electron chi connectivity index (χ0n) is 26.4. The van der Waals surface area contributed by atoms with Crippen LogP contribution in [0.4, 0.5) is 0 Å². The van der Waals surface area contributed by atoms with E-state index >= 15 is 0 Å². The number of fused-ring (bicyclic) bond motifs is 2. The first-order valence-corrected chi connectivity index (χ1v) is 16.5. The topological polar surface area (TPSA) is 125 Å². The van der Waals surface area contributed by atoms with Gasteiger partial charge in [-0.25, -0.2) is 0 Å². The van der Waals surface area contributed by atoms with Gasteiger partial charge in [-0.05, 0) is 72.3 Å². The number of amides is 4. The standard InChI is InChI=1S/C35H48N4O5/c1-5-11-26(31(41)33(43)36-16-6-2)37-32(42)30-28-25(35(28,3)4)20-39(30)34(44)29(38-27(40)17-21-12-7-8-13-21)24-18-22-14-9-10-15-23(22)19-24/h6,9-10,14-15,21,24-26,28-30H,2,5,7-8,11-13,16-20H2,1,3-4H3,(H,36,43)(H,37,42)(H,38,40)/t25?,26?,28?,29-,30-/m0/s1. The van der Waals surface area contributed by atoms with E-state index in [1.54, 1.807) is 4.90 Å². The van der Waals surface area contributed by atoms with Crippen molar-refractivity contribution in [2.75, 3.05) is 13.1 Å². The second kappa shape index (κ2) is 13.2. The molecule has 1 heterocycles. The fraction of sp³-hybridized carbons (Fsp3) is 0.629. The first kappa shape index (κ1) is 31.9. The second-order valence-electron chi connectivity index (χ2n) is 13.9. The summed E-state index contributed by atoms with van der Waals surface area (Å²) in [6.07, 6.45) is 8.53. The number of rotatable bonds is 13. The number of carbonyl (C=O) groups is 5. The fourth-order valence-corrected chi connectivity index (χ4v) is 8.14. The van der Waals surface area contributed by atoms with Crippen LogP contribution in [-0.4, -0.2) is 65.5 Å². The molecule has 1 aromatic rings. The lowest BCUT2D eigenvalue weighted by Crippen LogP contribution is -2.59. The maximum Gasteiger partial charge on any atom is 0.289 e. The van der Waals surface area contributed by atoms with Crippen LogP contribution in [0.5, 0.6) is 0 Å². The first-order valence-electron chi connectivity index (χ1n) is 16.5. The van der Waals surface area contributed by atoms with Crippen molar-refractivity contribution in [1.82, 2.24) is 20.9 Å². The van der Waals surface area contributed by atoms with Crippen LogP contribution in [0, 0.1) is 29.1 Å². The number of nitrogens with one attached hydrogen (secondary N) is 3. The van der Waals surface area contributed by atoms with Gasteiger partial charge in [0.2, 0.25) is 23.5 Å².